The van der Waals surface area contributed by atoms with Gasteiger partial charge in [0.1, 0.15) is 11.2 Å². The zero-order chi connectivity index (χ0) is 15.6. The molecular formula is C14H16N4O3. The number of nitrogens with zero attached hydrogens (tertiary/aromatic N) is 4. The lowest BCUT2D eigenvalue weighted by Gasteiger charge is -2.31. The van der Waals surface area contributed by atoms with Gasteiger partial charge in [0.25, 0.3) is 5.91 Å². The fourth-order valence-corrected chi connectivity index (χ4v) is 1.67. The Kier molecular flexibility index (Phi) is 3.75. The summed E-state index contributed by atoms with van der Waals surface area (Å²) in [5.41, 5.74) is -0.472. The van der Waals surface area contributed by atoms with Gasteiger partial charge in [-0.25, -0.2) is 9.48 Å². The summed E-state index contributed by atoms with van der Waals surface area (Å²) in [4.78, 5) is 28.8. The maximum absolute atomic E-state index is 12.4. The van der Waals surface area contributed by atoms with E-state index < -0.39 is 17.4 Å². The van der Waals surface area contributed by atoms with E-state index in [1.54, 1.807) is 35.3 Å². The van der Waals surface area contributed by atoms with Crippen molar-refractivity contribution in [1.29, 1.82) is 0 Å². The van der Waals surface area contributed by atoms with Crippen LogP contribution in [-0.2, 0) is 4.79 Å². The predicted molar refractivity (Wildman–Crippen MR) is 75.2 cm³/mol. The molecule has 0 radical (unpaired) electrons. The highest BCUT2D eigenvalue weighted by Crippen LogP contribution is 2.16. The number of hydrogen-bond acceptors (Lipinski definition) is 4. The summed E-state index contributed by atoms with van der Waals surface area (Å²) < 4.78 is 1.60. The average molecular weight is 288 g/mol. The number of likely N-dealkylation sites (N-methyl/N-ethyl adjacent to an activating group) is 1. The van der Waals surface area contributed by atoms with Crippen LogP contribution in [0.2, 0.25) is 0 Å². The summed E-state index contributed by atoms with van der Waals surface area (Å²) in [5.74, 6) is -1.54. The normalized spacial score (nSPS) is 11.2. The van der Waals surface area contributed by atoms with Crippen molar-refractivity contribution in [3.63, 3.8) is 0 Å². The third-order valence-electron chi connectivity index (χ3n) is 3.40. The van der Waals surface area contributed by atoms with Crippen LogP contribution in [0.5, 0.6) is 0 Å². The standard InChI is InChI=1S/C14H16N4O3/c1-14(2,13(20)21)17(3)12(19)11-9-10(5-7-15-11)18-8-4-6-16-18/h4-9H,1-3H3,(H,20,21). The molecule has 7 nitrogen and oxygen atoms in total. The molecule has 0 aliphatic rings. The van der Waals surface area contributed by atoms with Gasteiger partial charge in [0.15, 0.2) is 0 Å². The molecule has 0 atom stereocenters. The van der Waals surface area contributed by atoms with E-state index in [2.05, 4.69) is 10.1 Å². The maximum Gasteiger partial charge on any atom is 0.329 e. The van der Waals surface area contributed by atoms with Crippen LogP contribution >= 0.6 is 0 Å². The molecule has 0 saturated carbocycles. The van der Waals surface area contributed by atoms with Crippen LogP contribution in [0.1, 0.15) is 24.3 Å². The lowest BCUT2D eigenvalue weighted by molar-refractivity contribution is -0.147. The summed E-state index contributed by atoms with van der Waals surface area (Å²) in [5, 5.41) is 13.3. The minimum Gasteiger partial charge on any atom is -0.480 e. The second kappa shape index (κ2) is 5.35. The van der Waals surface area contributed by atoms with Gasteiger partial charge in [-0.3, -0.25) is 9.78 Å². The first-order valence-corrected chi connectivity index (χ1v) is 6.31. The van der Waals surface area contributed by atoms with Crippen molar-refractivity contribution in [1.82, 2.24) is 19.7 Å². The average Bonchev–Trinajstić information content (AvgIpc) is 2.99. The van der Waals surface area contributed by atoms with Gasteiger partial charge in [0, 0.05) is 25.6 Å². The fraction of sp³-hybridized carbons (Fsp3) is 0.286. The van der Waals surface area contributed by atoms with Crippen LogP contribution in [0.3, 0.4) is 0 Å². The van der Waals surface area contributed by atoms with Gasteiger partial charge < -0.3 is 10.0 Å². The highest BCUT2D eigenvalue weighted by Gasteiger charge is 2.36. The number of aromatic nitrogens is 3. The van der Waals surface area contributed by atoms with Gasteiger partial charge >= 0.3 is 5.97 Å². The Morgan fingerprint density at radius 3 is 2.62 bits per heavy atom. The van der Waals surface area contributed by atoms with Gasteiger partial charge in [-0.05, 0) is 32.0 Å². The lowest BCUT2D eigenvalue weighted by Crippen LogP contribution is -2.50. The molecule has 0 fully saturated rings. The SMILES string of the molecule is CN(C(=O)c1cc(-n2cccn2)ccn1)C(C)(C)C(=O)O. The van der Waals surface area contributed by atoms with Crippen LogP contribution in [0.15, 0.2) is 36.8 Å². The molecule has 1 N–H and O–H groups in total. The summed E-state index contributed by atoms with van der Waals surface area (Å²) >= 11 is 0. The highest BCUT2D eigenvalue weighted by molar-refractivity contribution is 5.96. The minimum atomic E-state index is -1.32. The number of rotatable bonds is 4. The lowest BCUT2D eigenvalue weighted by atomic mass is 10.0. The molecule has 0 unspecified atom stereocenters. The third kappa shape index (κ3) is 2.76. The van der Waals surface area contributed by atoms with Gasteiger partial charge in [-0.15, -0.1) is 0 Å². The molecule has 21 heavy (non-hydrogen) atoms. The second-order valence-electron chi connectivity index (χ2n) is 5.08. The predicted octanol–water partition coefficient (Wildman–Crippen LogP) is 1.20. The van der Waals surface area contributed by atoms with Gasteiger partial charge in [-0.1, -0.05) is 0 Å². The van der Waals surface area contributed by atoms with E-state index in [4.69, 9.17) is 0 Å². The second-order valence-corrected chi connectivity index (χ2v) is 5.08. The van der Waals surface area contributed by atoms with Crippen LogP contribution in [0.4, 0.5) is 0 Å². The number of amides is 1. The largest absolute Gasteiger partial charge is 0.480 e. The number of carbonyl (C=O) groups excluding carboxylic acids is 1. The van der Waals surface area contributed by atoms with Crippen LogP contribution in [-0.4, -0.2) is 49.2 Å². The number of aliphatic carboxylic acids is 1. The Morgan fingerprint density at radius 1 is 1.33 bits per heavy atom. The molecule has 0 aromatic carbocycles. The molecule has 2 aromatic rings. The fourth-order valence-electron chi connectivity index (χ4n) is 1.67. The Hall–Kier alpha value is -2.70. The van der Waals surface area contributed by atoms with Crippen molar-refractivity contribution in [2.45, 2.75) is 19.4 Å². The molecule has 0 aliphatic carbocycles. The molecule has 2 rings (SSSR count). The smallest absolute Gasteiger partial charge is 0.329 e. The zero-order valence-corrected chi connectivity index (χ0v) is 12.0. The number of carboxylic acids is 1. The zero-order valence-electron chi connectivity index (χ0n) is 12.0. The first kappa shape index (κ1) is 14.7. The van der Waals surface area contributed by atoms with E-state index in [0.717, 1.165) is 4.90 Å². The van der Waals surface area contributed by atoms with Crippen LogP contribution in [0.25, 0.3) is 5.69 Å². The van der Waals surface area contributed by atoms with Crippen LogP contribution < -0.4 is 0 Å². The number of carbonyl (C=O) groups is 2. The highest BCUT2D eigenvalue weighted by atomic mass is 16.4. The summed E-state index contributed by atoms with van der Waals surface area (Å²) in [6.45, 7) is 2.93. The van der Waals surface area contributed by atoms with Crippen molar-refractivity contribution in [3.8, 4) is 5.69 Å². The Bertz CT molecular complexity index is 665. The summed E-state index contributed by atoms with van der Waals surface area (Å²) in [6, 6.07) is 5.05. The monoisotopic (exact) mass is 288 g/mol. The molecule has 0 saturated heterocycles. The maximum atomic E-state index is 12.4. The van der Waals surface area contributed by atoms with E-state index in [1.807, 2.05) is 0 Å². The molecule has 2 heterocycles. The van der Waals surface area contributed by atoms with Crippen LogP contribution in [0, 0.1) is 0 Å². The van der Waals surface area contributed by atoms with Crippen molar-refractivity contribution in [2.24, 2.45) is 0 Å². The van der Waals surface area contributed by atoms with E-state index in [-0.39, 0.29) is 5.69 Å². The first-order valence-electron chi connectivity index (χ1n) is 6.31. The topological polar surface area (TPSA) is 88.3 Å². The Balaban J connectivity index is 2.32. The molecule has 2 aromatic heterocycles. The number of pyridine rings is 1. The van der Waals surface area contributed by atoms with E-state index in [9.17, 15) is 14.7 Å². The van der Waals surface area contributed by atoms with Gasteiger partial charge in [-0.2, -0.15) is 5.10 Å². The molecular weight excluding hydrogens is 272 g/mol. The Labute approximate surface area is 121 Å². The molecule has 0 aliphatic heterocycles. The number of hydrogen-bond donors (Lipinski definition) is 1. The van der Waals surface area contributed by atoms with Gasteiger partial charge in [0.2, 0.25) is 0 Å². The summed E-state index contributed by atoms with van der Waals surface area (Å²) in [6.07, 6.45) is 4.86. The van der Waals surface area contributed by atoms with Crippen molar-refractivity contribution in [2.75, 3.05) is 7.05 Å². The van der Waals surface area contributed by atoms with E-state index >= 15 is 0 Å². The molecule has 7 heteroatoms. The number of carboxylic acid groups (broad SMARTS) is 1. The minimum absolute atomic E-state index is 0.167. The van der Waals surface area contributed by atoms with E-state index in [1.165, 1.54) is 27.1 Å². The third-order valence-corrected chi connectivity index (χ3v) is 3.40. The quantitative estimate of drug-likeness (QED) is 0.913. The Morgan fingerprint density at radius 2 is 2.05 bits per heavy atom. The van der Waals surface area contributed by atoms with Gasteiger partial charge in [0.05, 0.1) is 5.69 Å². The molecule has 110 valence electrons. The molecule has 1 amide bonds. The first-order chi connectivity index (χ1) is 9.84. The van der Waals surface area contributed by atoms with Crippen molar-refractivity contribution < 1.29 is 14.7 Å². The summed E-state index contributed by atoms with van der Waals surface area (Å²) in [7, 11) is 1.44. The molecule has 0 spiro atoms. The van der Waals surface area contributed by atoms with Crippen molar-refractivity contribution >= 4 is 11.9 Å². The molecule has 0 bridgehead atoms. The van der Waals surface area contributed by atoms with E-state index in [0.29, 0.717) is 5.69 Å². The van der Waals surface area contributed by atoms with Crippen molar-refractivity contribution in [3.05, 3.63) is 42.5 Å².